The van der Waals surface area contributed by atoms with Crippen molar-refractivity contribution in [1.82, 2.24) is 0 Å². The molecule has 0 bridgehead atoms. The summed E-state index contributed by atoms with van der Waals surface area (Å²) in [6.45, 7) is 0. The quantitative estimate of drug-likeness (QED) is 0.411. The summed E-state index contributed by atoms with van der Waals surface area (Å²) < 4.78 is 0. The molecule has 0 aliphatic rings. The van der Waals surface area contributed by atoms with Crippen molar-refractivity contribution in [1.29, 1.82) is 0 Å². The van der Waals surface area contributed by atoms with Crippen LogP contribution in [0.4, 0.5) is 0 Å². The molecule has 0 atom stereocenters. The fourth-order valence-corrected chi connectivity index (χ4v) is 0.342. The summed E-state index contributed by atoms with van der Waals surface area (Å²) in [6.07, 6.45) is 0. The van der Waals surface area contributed by atoms with Crippen molar-refractivity contribution in [3.8, 4) is 0 Å². The molecule has 0 aliphatic heterocycles. The monoisotopic (exact) mass is 111 g/mol. The smallest absolute Gasteiger partial charge is 0.0622 e. The summed E-state index contributed by atoms with van der Waals surface area (Å²) in [6, 6.07) is 12.5. The van der Waals surface area contributed by atoms with Gasteiger partial charge in [0, 0.05) is 0 Å². The molecule has 0 amide bonds. The van der Waals surface area contributed by atoms with Gasteiger partial charge in [-0.05, 0) is 6.07 Å². The SMILES string of the molecule is [LiH].[MgH2].[c]1ccccc1. The Bertz CT molecular complexity index is 80.5. The van der Waals surface area contributed by atoms with E-state index in [-0.39, 0.29) is 41.9 Å². The molecule has 0 saturated heterocycles. The van der Waals surface area contributed by atoms with Gasteiger partial charge in [-0.2, -0.15) is 0 Å². The first-order valence-corrected chi connectivity index (χ1v) is 1.91. The predicted molar refractivity (Wildman–Crippen MR) is 41.0 cm³/mol. The van der Waals surface area contributed by atoms with Gasteiger partial charge in [0.15, 0.2) is 0 Å². The zero-order valence-corrected chi connectivity index (χ0v) is 3.39. The molecule has 0 N–H and O–H groups in total. The topological polar surface area (TPSA) is 0 Å². The molecule has 0 aromatic heterocycles. The van der Waals surface area contributed by atoms with E-state index in [4.69, 9.17) is 0 Å². The van der Waals surface area contributed by atoms with Gasteiger partial charge in [-0.15, -0.1) is 0 Å². The zero-order valence-electron chi connectivity index (χ0n) is 3.39. The van der Waals surface area contributed by atoms with E-state index in [1.54, 1.807) is 0 Å². The van der Waals surface area contributed by atoms with Crippen molar-refractivity contribution >= 4 is 41.9 Å². The van der Waals surface area contributed by atoms with E-state index < -0.39 is 0 Å². The van der Waals surface area contributed by atoms with Crippen LogP contribution in [0.5, 0.6) is 0 Å². The van der Waals surface area contributed by atoms with Crippen LogP contribution in [0, 0.1) is 6.07 Å². The summed E-state index contributed by atoms with van der Waals surface area (Å²) in [5.41, 5.74) is 0. The third kappa shape index (κ3) is 4.74. The van der Waals surface area contributed by atoms with Crippen LogP contribution in [0.25, 0.3) is 0 Å². The molecule has 0 heterocycles. The van der Waals surface area contributed by atoms with Crippen molar-refractivity contribution in [3.63, 3.8) is 0 Å². The van der Waals surface area contributed by atoms with Crippen molar-refractivity contribution in [2.45, 2.75) is 0 Å². The molecule has 8 heavy (non-hydrogen) atoms. The Kier molecular flexibility index (Phi) is 10.8. The fourth-order valence-electron chi connectivity index (χ4n) is 0.342. The van der Waals surface area contributed by atoms with Crippen molar-refractivity contribution in [2.24, 2.45) is 0 Å². The van der Waals surface area contributed by atoms with E-state index >= 15 is 0 Å². The van der Waals surface area contributed by atoms with Crippen LogP contribution in [0.1, 0.15) is 0 Å². The van der Waals surface area contributed by atoms with Crippen LogP contribution in [-0.4, -0.2) is 41.9 Å². The van der Waals surface area contributed by atoms with Crippen LogP contribution in [0.2, 0.25) is 0 Å². The van der Waals surface area contributed by atoms with Gasteiger partial charge in [-0.25, -0.2) is 0 Å². The molecular formula is C6H8LiMg. The van der Waals surface area contributed by atoms with Crippen molar-refractivity contribution in [2.75, 3.05) is 0 Å². The molecule has 0 fully saturated rings. The van der Waals surface area contributed by atoms with Crippen LogP contribution < -0.4 is 0 Å². The van der Waals surface area contributed by atoms with Gasteiger partial charge < -0.3 is 0 Å². The Hall–Kier alpha value is 0.584. The minimum Gasteiger partial charge on any atom is -0.0622 e. The number of hydrogen-bond acceptors (Lipinski definition) is 0. The third-order valence-electron chi connectivity index (χ3n) is 0.607. The molecule has 1 aromatic carbocycles. The Morgan fingerprint density at radius 2 is 1.38 bits per heavy atom. The maximum Gasteiger partial charge on any atom is 0.316 e. The predicted octanol–water partition coefficient (Wildman–Crippen LogP) is -0.0779. The second kappa shape index (κ2) is 7.58. The van der Waals surface area contributed by atoms with Crippen LogP contribution in [0.3, 0.4) is 0 Å². The average molecular weight is 111 g/mol. The van der Waals surface area contributed by atoms with E-state index in [1.165, 1.54) is 0 Å². The van der Waals surface area contributed by atoms with Crippen LogP contribution >= 0.6 is 0 Å². The first-order chi connectivity index (χ1) is 3.00. The molecule has 0 nitrogen and oxygen atoms in total. The zero-order chi connectivity index (χ0) is 4.24. The molecule has 35 valence electrons. The molecule has 1 rings (SSSR count). The molecule has 0 spiro atoms. The molecule has 0 unspecified atom stereocenters. The largest absolute Gasteiger partial charge is 0.316 e. The Morgan fingerprint density at radius 3 is 1.50 bits per heavy atom. The van der Waals surface area contributed by atoms with Gasteiger partial charge in [0.25, 0.3) is 0 Å². The minimum absolute atomic E-state index is 0. The summed E-state index contributed by atoms with van der Waals surface area (Å²) >= 11 is 0. The second-order valence-electron chi connectivity index (χ2n) is 1.08. The Balaban J connectivity index is 0. The van der Waals surface area contributed by atoms with Gasteiger partial charge in [0.1, 0.15) is 0 Å². The Morgan fingerprint density at radius 1 is 0.875 bits per heavy atom. The average Bonchev–Trinajstić information content (AvgIpc) is 1.72. The molecule has 2 heteroatoms. The van der Waals surface area contributed by atoms with Gasteiger partial charge >= 0.3 is 41.9 Å². The van der Waals surface area contributed by atoms with Crippen molar-refractivity contribution < 1.29 is 0 Å². The van der Waals surface area contributed by atoms with Crippen LogP contribution in [-0.2, 0) is 0 Å². The molecular weight excluding hydrogens is 103 g/mol. The van der Waals surface area contributed by atoms with E-state index in [1.807, 2.05) is 30.3 Å². The van der Waals surface area contributed by atoms with Gasteiger partial charge in [0.05, 0.1) is 0 Å². The number of rotatable bonds is 0. The van der Waals surface area contributed by atoms with E-state index in [0.717, 1.165) is 0 Å². The standard InChI is InChI=1S/C6H5.Li.Mg.3H/c1-2-4-6-5-3-1;;;;;/h1-5H;;;;;. The van der Waals surface area contributed by atoms with Gasteiger partial charge in [-0.1, -0.05) is 30.3 Å². The first-order valence-electron chi connectivity index (χ1n) is 1.91. The van der Waals surface area contributed by atoms with E-state index in [0.29, 0.717) is 0 Å². The summed E-state index contributed by atoms with van der Waals surface area (Å²) in [5.74, 6) is 0. The minimum atomic E-state index is 0. The van der Waals surface area contributed by atoms with Crippen molar-refractivity contribution in [3.05, 3.63) is 36.4 Å². The maximum atomic E-state index is 2.89. The van der Waals surface area contributed by atoms with Gasteiger partial charge in [0.2, 0.25) is 0 Å². The number of hydrogen-bond donors (Lipinski definition) is 0. The Labute approximate surface area is 78.0 Å². The third-order valence-corrected chi connectivity index (χ3v) is 0.607. The molecule has 1 aromatic rings. The molecule has 1 radical (unpaired) electrons. The fraction of sp³-hybridized carbons (Fsp3) is 0. The number of benzene rings is 1. The first kappa shape index (κ1) is 11.4. The summed E-state index contributed by atoms with van der Waals surface area (Å²) in [4.78, 5) is 0. The van der Waals surface area contributed by atoms with E-state index in [9.17, 15) is 0 Å². The summed E-state index contributed by atoms with van der Waals surface area (Å²) in [7, 11) is 0. The normalized spacial score (nSPS) is 6.00. The maximum absolute atomic E-state index is 2.89. The van der Waals surface area contributed by atoms with Gasteiger partial charge in [-0.3, -0.25) is 0 Å². The summed E-state index contributed by atoms with van der Waals surface area (Å²) in [5, 5.41) is 0. The molecule has 0 saturated carbocycles. The van der Waals surface area contributed by atoms with E-state index in [2.05, 4.69) is 6.07 Å². The van der Waals surface area contributed by atoms with Crippen LogP contribution in [0.15, 0.2) is 30.3 Å². The second-order valence-corrected chi connectivity index (χ2v) is 1.08. The molecule has 0 aliphatic carbocycles.